The van der Waals surface area contributed by atoms with Crippen molar-refractivity contribution in [3.63, 3.8) is 0 Å². The van der Waals surface area contributed by atoms with Gasteiger partial charge in [0, 0.05) is 6.54 Å². The van der Waals surface area contributed by atoms with E-state index in [1.54, 1.807) is 6.92 Å². The van der Waals surface area contributed by atoms with E-state index in [4.69, 9.17) is 9.26 Å². The molecule has 0 bridgehead atoms. The Morgan fingerprint density at radius 2 is 2.00 bits per heavy atom. The van der Waals surface area contributed by atoms with Crippen LogP contribution in [0.2, 0.25) is 0 Å². The second-order valence-electron chi connectivity index (χ2n) is 5.14. The van der Waals surface area contributed by atoms with Crippen LogP contribution in [-0.4, -0.2) is 36.2 Å². The van der Waals surface area contributed by atoms with Gasteiger partial charge in [-0.3, -0.25) is 10.1 Å². The Hall–Kier alpha value is -2.38. The Kier molecular flexibility index (Phi) is 6.55. The molecule has 0 radical (unpaired) electrons. The lowest BCUT2D eigenvalue weighted by molar-refractivity contribution is -0.123. The number of aromatic nitrogens is 1. The molecule has 0 unspecified atom stereocenters. The van der Waals surface area contributed by atoms with Crippen molar-refractivity contribution in [2.24, 2.45) is 5.92 Å². The van der Waals surface area contributed by atoms with Gasteiger partial charge in [-0.25, -0.2) is 9.59 Å². The fraction of sp³-hybridized carbons (Fsp3) is 0.571. The number of hydrogen-bond donors (Lipinski definition) is 2. The van der Waals surface area contributed by atoms with Crippen molar-refractivity contribution in [1.82, 2.24) is 15.8 Å². The molecule has 8 heteroatoms. The molecule has 1 heterocycles. The first-order valence-electron chi connectivity index (χ1n) is 7.05. The molecule has 3 amide bonds. The zero-order valence-corrected chi connectivity index (χ0v) is 13.2. The van der Waals surface area contributed by atoms with Gasteiger partial charge < -0.3 is 14.6 Å². The van der Waals surface area contributed by atoms with Crippen molar-refractivity contribution in [3.8, 4) is 0 Å². The van der Waals surface area contributed by atoms with Gasteiger partial charge in [0.25, 0.3) is 5.91 Å². The zero-order chi connectivity index (χ0) is 16.7. The lowest BCUT2D eigenvalue weighted by Gasteiger charge is -2.09. The Morgan fingerprint density at radius 1 is 1.32 bits per heavy atom. The highest BCUT2D eigenvalue weighted by atomic mass is 16.5. The number of ether oxygens (including phenoxy) is 1. The first kappa shape index (κ1) is 17.7. The summed E-state index contributed by atoms with van der Waals surface area (Å²) < 4.78 is 9.78. The fourth-order valence-corrected chi connectivity index (χ4v) is 1.63. The summed E-state index contributed by atoms with van der Waals surface area (Å²) in [5, 5.41) is 8.32. The van der Waals surface area contributed by atoms with Gasteiger partial charge in [-0.15, -0.1) is 0 Å². The molecule has 0 saturated carbocycles. The number of urea groups is 1. The Labute approximate surface area is 128 Å². The number of esters is 1. The number of hydrogen-bond acceptors (Lipinski definition) is 6. The van der Waals surface area contributed by atoms with E-state index in [0.29, 0.717) is 24.4 Å². The van der Waals surface area contributed by atoms with E-state index in [2.05, 4.69) is 15.8 Å². The molecule has 2 N–H and O–H groups in total. The van der Waals surface area contributed by atoms with Crippen LogP contribution in [0.3, 0.4) is 0 Å². The third-order valence-corrected chi connectivity index (χ3v) is 2.73. The molecule has 0 aliphatic carbocycles. The smallest absolute Gasteiger partial charge is 0.344 e. The third-order valence-electron chi connectivity index (χ3n) is 2.73. The number of carbonyl (C=O) groups excluding carboxylic acids is 3. The average Bonchev–Trinajstić information content (AvgIpc) is 2.83. The maximum Gasteiger partial charge on any atom is 0.344 e. The molecule has 8 nitrogen and oxygen atoms in total. The second-order valence-corrected chi connectivity index (χ2v) is 5.14. The Balaban J connectivity index is 2.45. The lowest BCUT2D eigenvalue weighted by atomic mass is 10.1. The van der Waals surface area contributed by atoms with Gasteiger partial charge >= 0.3 is 12.0 Å². The number of aryl methyl sites for hydroxylation is 2. The maximum atomic E-state index is 11.9. The van der Waals surface area contributed by atoms with Crippen LogP contribution in [0.1, 0.15) is 42.6 Å². The summed E-state index contributed by atoms with van der Waals surface area (Å²) >= 11 is 0. The van der Waals surface area contributed by atoms with Crippen LogP contribution in [0.25, 0.3) is 0 Å². The van der Waals surface area contributed by atoms with Crippen LogP contribution in [0, 0.1) is 12.8 Å². The average molecular weight is 311 g/mol. The Bertz CT molecular complexity index is 551. The Morgan fingerprint density at radius 3 is 2.59 bits per heavy atom. The van der Waals surface area contributed by atoms with E-state index in [1.807, 2.05) is 20.8 Å². The molecule has 0 aliphatic rings. The number of nitrogens with zero attached hydrogens (tertiary/aromatic N) is 1. The van der Waals surface area contributed by atoms with E-state index in [9.17, 15) is 14.4 Å². The minimum absolute atomic E-state index is 0.222. The number of rotatable bonds is 6. The molecule has 0 saturated heterocycles. The van der Waals surface area contributed by atoms with E-state index < -0.39 is 24.5 Å². The first-order valence-corrected chi connectivity index (χ1v) is 7.05. The predicted octanol–water partition coefficient (Wildman–Crippen LogP) is 1.18. The van der Waals surface area contributed by atoms with Crippen molar-refractivity contribution >= 4 is 17.9 Å². The molecule has 122 valence electrons. The molecular formula is C14H21N3O5. The quantitative estimate of drug-likeness (QED) is 0.763. The van der Waals surface area contributed by atoms with Crippen LogP contribution < -0.4 is 10.6 Å². The van der Waals surface area contributed by atoms with Crippen molar-refractivity contribution in [2.45, 2.75) is 34.1 Å². The minimum atomic E-state index is -0.707. The molecule has 0 atom stereocenters. The topological polar surface area (TPSA) is 111 Å². The maximum absolute atomic E-state index is 11.9. The van der Waals surface area contributed by atoms with Gasteiger partial charge in [0.2, 0.25) is 0 Å². The van der Waals surface area contributed by atoms with E-state index in [0.717, 1.165) is 0 Å². The van der Waals surface area contributed by atoms with Gasteiger partial charge in [0.15, 0.2) is 6.61 Å². The van der Waals surface area contributed by atoms with Crippen molar-refractivity contribution in [2.75, 3.05) is 13.2 Å². The number of carbonyl (C=O) groups is 3. The summed E-state index contributed by atoms with van der Waals surface area (Å²) in [5.74, 6) is -0.810. The largest absolute Gasteiger partial charge is 0.452 e. The van der Waals surface area contributed by atoms with Crippen LogP contribution in [0.15, 0.2) is 4.52 Å². The van der Waals surface area contributed by atoms with Crippen LogP contribution in [0.4, 0.5) is 4.79 Å². The summed E-state index contributed by atoms with van der Waals surface area (Å²) in [5.41, 5.74) is 0.692. The molecule has 1 rings (SSSR count). The minimum Gasteiger partial charge on any atom is -0.452 e. The number of imide groups is 1. The molecule has 0 aliphatic heterocycles. The van der Waals surface area contributed by atoms with Crippen LogP contribution in [0.5, 0.6) is 0 Å². The lowest BCUT2D eigenvalue weighted by Crippen LogP contribution is -2.42. The fourth-order valence-electron chi connectivity index (χ4n) is 1.63. The van der Waals surface area contributed by atoms with E-state index in [1.165, 1.54) is 0 Å². The monoisotopic (exact) mass is 311 g/mol. The van der Waals surface area contributed by atoms with Gasteiger partial charge in [-0.05, 0) is 19.3 Å². The molecule has 0 aromatic carbocycles. The highest BCUT2D eigenvalue weighted by molar-refractivity contribution is 5.97. The van der Waals surface area contributed by atoms with Crippen molar-refractivity contribution < 1.29 is 23.6 Å². The summed E-state index contributed by atoms with van der Waals surface area (Å²) in [6.07, 6.45) is 0.506. The summed E-state index contributed by atoms with van der Waals surface area (Å²) in [4.78, 5) is 34.8. The molecule has 1 aromatic heterocycles. The third kappa shape index (κ3) is 5.19. The van der Waals surface area contributed by atoms with Crippen molar-refractivity contribution in [3.05, 3.63) is 17.0 Å². The van der Waals surface area contributed by atoms with Gasteiger partial charge in [-0.2, -0.15) is 0 Å². The summed E-state index contributed by atoms with van der Waals surface area (Å²) in [6.45, 7) is 7.15. The highest BCUT2D eigenvalue weighted by Crippen LogP contribution is 2.15. The summed E-state index contributed by atoms with van der Waals surface area (Å²) in [6, 6.07) is -0.620. The van der Waals surface area contributed by atoms with Gasteiger partial charge in [-0.1, -0.05) is 25.9 Å². The molecule has 1 aromatic rings. The standard InChI is InChI=1S/C14H21N3O5/c1-5-10-12(9(4)22-17-10)13(19)21-7-11(18)16-14(20)15-6-8(2)3/h8H,5-7H2,1-4H3,(H2,15,16,18,20). The molecule has 22 heavy (non-hydrogen) atoms. The van der Waals surface area contributed by atoms with Crippen LogP contribution in [-0.2, 0) is 16.0 Å². The zero-order valence-electron chi connectivity index (χ0n) is 13.2. The number of amides is 3. The molecule has 0 spiro atoms. The van der Waals surface area contributed by atoms with Gasteiger partial charge in [0.05, 0.1) is 5.69 Å². The summed E-state index contributed by atoms with van der Waals surface area (Å²) in [7, 11) is 0. The predicted molar refractivity (Wildman–Crippen MR) is 77.3 cm³/mol. The van der Waals surface area contributed by atoms with Crippen LogP contribution >= 0.6 is 0 Å². The molecule has 0 fully saturated rings. The second kappa shape index (κ2) is 8.16. The van der Waals surface area contributed by atoms with Gasteiger partial charge in [0.1, 0.15) is 11.3 Å². The number of nitrogens with one attached hydrogen (secondary N) is 2. The normalized spacial score (nSPS) is 10.4. The highest BCUT2D eigenvalue weighted by Gasteiger charge is 2.21. The molecular weight excluding hydrogens is 290 g/mol. The van der Waals surface area contributed by atoms with Crippen molar-refractivity contribution in [1.29, 1.82) is 0 Å². The SMILES string of the molecule is CCc1noc(C)c1C(=O)OCC(=O)NC(=O)NCC(C)C. The van der Waals surface area contributed by atoms with E-state index in [-0.39, 0.29) is 11.5 Å². The first-order chi connectivity index (χ1) is 10.3. The van der Waals surface area contributed by atoms with E-state index >= 15 is 0 Å².